The molecule has 3 rings (SSSR count). The Labute approximate surface area is 183 Å². The lowest BCUT2D eigenvalue weighted by Crippen LogP contribution is -2.44. The fourth-order valence-electron chi connectivity index (χ4n) is 3.61. The lowest BCUT2D eigenvalue weighted by atomic mass is 9.68. The van der Waals surface area contributed by atoms with Gasteiger partial charge in [-0.2, -0.15) is 13.2 Å². The van der Waals surface area contributed by atoms with Crippen molar-refractivity contribution < 1.29 is 32.2 Å². The van der Waals surface area contributed by atoms with Gasteiger partial charge in [-0.15, -0.1) is 0 Å². The number of hydrogen-bond donors (Lipinski definition) is 0. The van der Waals surface area contributed by atoms with E-state index in [1.807, 2.05) is 0 Å². The van der Waals surface area contributed by atoms with Crippen LogP contribution in [-0.2, 0) is 19.7 Å². The van der Waals surface area contributed by atoms with Crippen LogP contribution in [0.25, 0.3) is 0 Å². The topological polar surface area (TPSA) is 52.6 Å². The third-order valence-electron chi connectivity index (χ3n) is 5.15. The molecule has 0 heterocycles. The molecule has 0 radical (unpaired) electrons. The lowest BCUT2D eigenvalue weighted by molar-refractivity contribution is -0.166. The number of methoxy groups -OCH3 is 1. The fraction of sp³-hybridized carbons (Fsp3) is 0.200. The van der Waals surface area contributed by atoms with Crippen molar-refractivity contribution in [2.24, 2.45) is 0 Å². The monoisotopic (exact) mass is 442 g/mol. The predicted octanol–water partition coefficient (Wildman–Crippen LogP) is 5.36. The van der Waals surface area contributed by atoms with Gasteiger partial charge in [0.1, 0.15) is 17.6 Å². The van der Waals surface area contributed by atoms with E-state index in [1.54, 1.807) is 37.3 Å². The molecule has 0 saturated heterocycles. The molecule has 1 atom stereocenters. The maximum atomic E-state index is 14.9. The van der Waals surface area contributed by atoms with Crippen molar-refractivity contribution in [2.75, 3.05) is 7.11 Å². The zero-order valence-electron chi connectivity index (χ0n) is 17.5. The highest BCUT2D eigenvalue weighted by molar-refractivity contribution is 5.92. The number of halogens is 3. The van der Waals surface area contributed by atoms with Crippen molar-refractivity contribution in [3.05, 3.63) is 101 Å². The standard InChI is InChI=1S/C25H21F3O4/c1-17-8-10-19(11-9-17)24(25(26,27)28,18-6-4-3-5-7-18)20-12-14-21(15-13-20)32-23(30)16-22(29)31-2/h3-15H,16H2,1-2H3. The highest BCUT2D eigenvalue weighted by Crippen LogP contribution is 2.51. The molecular formula is C25H21F3O4. The number of alkyl halides is 3. The minimum Gasteiger partial charge on any atom is -0.469 e. The summed E-state index contributed by atoms with van der Waals surface area (Å²) in [4.78, 5) is 23.0. The van der Waals surface area contributed by atoms with E-state index in [9.17, 15) is 22.8 Å². The molecule has 7 heteroatoms. The van der Waals surface area contributed by atoms with E-state index in [4.69, 9.17) is 4.74 Å². The number of benzene rings is 3. The summed E-state index contributed by atoms with van der Waals surface area (Å²) >= 11 is 0. The van der Waals surface area contributed by atoms with Crippen LogP contribution in [0.1, 0.15) is 28.7 Å². The Balaban J connectivity index is 2.11. The van der Waals surface area contributed by atoms with E-state index in [2.05, 4.69) is 4.74 Å². The zero-order chi connectivity index (χ0) is 23.4. The predicted molar refractivity (Wildman–Crippen MR) is 112 cm³/mol. The molecule has 4 nitrogen and oxygen atoms in total. The van der Waals surface area contributed by atoms with Crippen LogP contribution in [0.2, 0.25) is 0 Å². The number of rotatable bonds is 6. The van der Waals surface area contributed by atoms with Gasteiger partial charge in [0.2, 0.25) is 0 Å². The van der Waals surface area contributed by atoms with E-state index >= 15 is 0 Å². The van der Waals surface area contributed by atoms with Gasteiger partial charge in [0.25, 0.3) is 0 Å². The van der Waals surface area contributed by atoms with Crippen LogP contribution >= 0.6 is 0 Å². The Kier molecular flexibility index (Phi) is 6.67. The average molecular weight is 442 g/mol. The number of ether oxygens (including phenoxy) is 2. The summed E-state index contributed by atoms with van der Waals surface area (Å²) < 4.78 is 54.1. The first-order valence-corrected chi connectivity index (χ1v) is 9.76. The van der Waals surface area contributed by atoms with E-state index < -0.39 is 30.0 Å². The average Bonchev–Trinajstić information content (AvgIpc) is 2.76. The number of carbonyl (C=O) groups is 2. The Hall–Kier alpha value is -3.61. The molecule has 0 amide bonds. The van der Waals surface area contributed by atoms with E-state index in [1.165, 1.54) is 48.5 Å². The van der Waals surface area contributed by atoms with Crippen molar-refractivity contribution in [1.29, 1.82) is 0 Å². The molecule has 0 N–H and O–H groups in total. The second-order valence-electron chi connectivity index (χ2n) is 7.23. The van der Waals surface area contributed by atoms with Crippen LogP contribution < -0.4 is 4.74 Å². The summed E-state index contributed by atoms with van der Waals surface area (Å²) in [6.07, 6.45) is -5.27. The van der Waals surface area contributed by atoms with Crippen molar-refractivity contribution in [1.82, 2.24) is 0 Å². The number of esters is 2. The Morgan fingerprint density at radius 3 is 1.75 bits per heavy atom. The van der Waals surface area contributed by atoms with E-state index in [0.717, 1.165) is 12.7 Å². The minimum atomic E-state index is -4.67. The third-order valence-corrected chi connectivity index (χ3v) is 5.15. The molecule has 0 saturated carbocycles. The molecule has 3 aromatic carbocycles. The molecule has 0 fully saturated rings. The summed E-state index contributed by atoms with van der Waals surface area (Å²) in [5.41, 5.74) is -1.50. The van der Waals surface area contributed by atoms with Crippen LogP contribution in [0.5, 0.6) is 5.75 Å². The van der Waals surface area contributed by atoms with E-state index in [-0.39, 0.29) is 22.4 Å². The normalized spacial score (nSPS) is 13.2. The van der Waals surface area contributed by atoms with Gasteiger partial charge in [-0.3, -0.25) is 9.59 Å². The molecule has 1 unspecified atom stereocenters. The van der Waals surface area contributed by atoms with Crippen molar-refractivity contribution >= 4 is 11.9 Å². The first-order valence-electron chi connectivity index (χ1n) is 9.76. The first-order chi connectivity index (χ1) is 15.2. The molecule has 0 aromatic heterocycles. The van der Waals surface area contributed by atoms with E-state index in [0.29, 0.717) is 0 Å². The van der Waals surface area contributed by atoms with Gasteiger partial charge < -0.3 is 9.47 Å². The van der Waals surface area contributed by atoms with Gasteiger partial charge in [0.15, 0.2) is 0 Å². The second-order valence-corrected chi connectivity index (χ2v) is 7.23. The highest BCUT2D eigenvalue weighted by atomic mass is 19.4. The highest BCUT2D eigenvalue weighted by Gasteiger charge is 2.58. The Morgan fingerprint density at radius 1 is 0.750 bits per heavy atom. The van der Waals surface area contributed by atoms with Crippen LogP contribution in [-0.4, -0.2) is 25.2 Å². The quantitative estimate of drug-likeness (QED) is 0.223. The smallest absolute Gasteiger partial charge is 0.406 e. The van der Waals surface area contributed by atoms with Crippen LogP contribution in [0, 0.1) is 6.92 Å². The molecule has 166 valence electrons. The SMILES string of the molecule is COC(=O)CC(=O)Oc1ccc(C(c2ccccc2)(c2ccc(C)cc2)C(F)(F)F)cc1. The largest absolute Gasteiger partial charge is 0.469 e. The molecule has 0 bridgehead atoms. The molecule has 32 heavy (non-hydrogen) atoms. The molecule has 0 aliphatic rings. The van der Waals surface area contributed by atoms with Gasteiger partial charge >= 0.3 is 18.1 Å². The third kappa shape index (κ3) is 4.51. The number of aryl methyl sites for hydroxylation is 1. The summed E-state index contributed by atoms with van der Waals surface area (Å²) in [7, 11) is 1.13. The molecule has 0 spiro atoms. The lowest BCUT2D eigenvalue weighted by Gasteiger charge is -2.37. The second kappa shape index (κ2) is 9.26. The minimum absolute atomic E-state index is 0.0238. The molecule has 0 aliphatic heterocycles. The van der Waals surface area contributed by atoms with Gasteiger partial charge in [0.05, 0.1) is 7.11 Å². The van der Waals surface area contributed by atoms with Crippen molar-refractivity contribution in [3.8, 4) is 5.75 Å². The number of carbonyl (C=O) groups excluding carboxylic acids is 2. The maximum absolute atomic E-state index is 14.9. The van der Waals surface area contributed by atoms with Gasteiger partial charge in [0, 0.05) is 0 Å². The zero-order valence-corrected chi connectivity index (χ0v) is 17.5. The fourth-order valence-corrected chi connectivity index (χ4v) is 3.61. The van der Waals surface area contributed by atoms with Gasteiger partial charge in [-0.1, -0.05) is 72.3 Å². The molecule has 3 aromatic rings. The first kappa shape index (κ1) is 23.1. The van der Waals surface area contributed by atoms with Crippen LogP contribution in [0.3, 0.4) is 0 Å². The summed E-state index contributed by atoms with van der Waals surface area (Å²) in [6, 6.07) is 19.0. The van der Waals surface area contributed by atoms with Gasteiger partial charge in [-0.25, -0.2) is 0 Å². The molecule has 0 aliphatic carbocycles. The molecular weight excluding hydrogens is 421 g/mol. The summed E-state index contributed by atoms with van der Waals surface area (Å²) in [6.45, 7) is 1.80. The number of hydrogen-bond acceptors (Lipinski definition) is 4. The van der Waals surface area contributed by atoms with Crippen molar-refractivity contribution in [3.63, 3.8) is 0 Å². The van der Waals surface area contributed by atoms with Gasteiger partial charge in [-0.05, 0) is 35.7 Å². The maximum Gasteiger partial charge on any atom is 0.406 e. The Morgan fingerprint density at radius 2 is 1.25 bits per heavy atom. The Bertz CT molecular complexity index is 1070. The summed E-state index contributed by atoms with van der Waals surface area (Å²) in [5, 5.41) is 0. The van der Waals surface area contributed by atoms with Crippen LogP contribution in [0.4, 0.5) is 13.2 Å². The summed E-state index contributed by atoms with van der Waals surface area (Å²) in [5.74, 6) is -1.62. The van der Waals surface area contributed by atoms with Crippen molar-refractivity contribution in [2.45, 2.75) is 24.9 Å². The van der Waals surface area contributed by atoms with Crippen LogP contribution in [0.15, 0.2) is 78.9 Å².